The predicted molar refractivity (Wildman–Crippen MR) is 108 cm³/mol. The first-order valence-electron chi connectivity index (χ1n) is 9.94. The van der Waals surface area contributed by atoms with Crippen molar-refractivity contribution in [1.29, 1.82) is 5.26 Å². The average molecular weight is 380 g/mol. The summed E-state index contributed by atoms with van der Waals surface area (Å²) in [6.07, 6.45) is 3.74. The number of piperazine rings is 1. The van der Waals surface area contributed by atoms with Crippen molar-refractivity contribution >= 4 is 17.3 Å². The molecule has 2 aromatic rings. The lowest BCUT2D eigenvalue weighted by atomic mass is 10.1. The van der Waals surface area contributed by atoms with Crippen LogP contribution in [0.1, 0.15) is 30.7 Å². The van der Waals surface area contributed by atoms with Crippen LogP contribution in [0.15, 0.2) is 24.3 Å². The summed E-state index contributed by atoms with van der Waals surface area (Å²) in [5, 5.41) is 8.89. The number of nitriles is 1. The fourth-order valence-electron chi connectivity index (χ4n) is 3.97. The topological polar surface area (TPSA) is 59.3 Å². The summed E-state index contributed by atoms with van der Waals surface area (Å²) in [6.45, 7) is 7.28. The molecule has 4 rings (SSSR count). The molecule has 0 bridgehead atoms. The summed E-state index contributed by atoms with van der Waals surface area (Å²) < 4.78 is 13.9. The first-order chi connectivity index (χ1) is 13.6. The average Bonchev–Trinajstić information content (AvgIpc) is 2.74. The maximum atomic E-state index is 13.9. The number of benzene rings is 1. The van der Waals surface area contributed by atoms with Crippen molar-refractivity contribution in [3.05, 3.63) is 41.5 Å². The summed E-state index contributed by atoms with van der Waals surface area (Å²) >= 11 is 0. The highest BCUT2D eigenvalue weighted by atomic mass is 19.1. The van der Waals surface area contributed by atoms with Crippen LogP contribution in [0.4, 0.5) is 21.7 Å². The van der Waals surface area contributed by atoms with E-state index >= 15 is 0 Å². The van der Waals surface area contributed by atoms with Crippen LogP contribution in [0.25, 0.3) is 0 Å². The highest BCUT2D eigenvalue weighted by Crippen LogP contribution is 2.25. The van der Waals surface area contributed by atoms with Gasteiger partial charge in [-0.05, 0) is 44.4 Å². The molecule has 2 aliphatic rings. The minimum absolute atomic E-state index is 0.0871. The minimum atomic E-state index is -0.458. The number of piperidine rings is 1. The zero-order valence-corrected chi connectivity index (χ0v) is 16.2. The summed E-state index contributed by atoms with van der Waals surface area (Å²) in [6, 6.07) is 8.81. The number of rotatable bonds is 3. The molecule has 2 fully saturated rings. The second-order valence-corrected chi connectivity index (χ2v) is 7.43. The van der Waals surface area contributed by atoms with Crippen molar-refractivity contribution in [1.82, 2.24) is 9.97 Å². The number of nitrogens with zero attached hydrogens (tertiary/aromatic N) is 6. The smallest absolute Gasteiger partial charge is 0.143 e. The SMILES string of the molecule is Cc1nc(N2CCCCC2)cc(N2CCN(c3ccc(C#N)c(F)c3)CC2)n1. The van der Waals surface area contributed by atoms with E-state index in [1.54, 1.807) is 6.07 Å². The Kier molecular flexibility index (Phi) is 5.29. The Morgan fingerprint density at radius 3 is 2.07 bits per heavy atom. The molecule has 146 valence electrons. The Hall–Kier alpha value is -2.88. The normalized spacial score (nSPS) is 17.5. The van der Waals surface area contributed by atoms with Gasteiger partial charge in [-0.2, -0.15) is 5.26 Å². The van der Waals surface area contributed by atoms with Crippen molar-refractivity contribution < 1.29 is 4.39 Å². The standard InChI is InChI=1S/C21H25FN6/c1-16-24-20(27-7-3-2-4-8-27)14-21(25-16)28-11-9-26(10-12-28)18-6-5-17(15-23)19(22)13-18/h5-6,13-14H,2-4,7-12H2,1H3. The summed E-state index contributed by atoms with van der Waals surface area (Å²) in [5.74, 6) is 2.34. The van der Waals surface area contributed by atoms with Crippen LogP contribution in [-0.4, -0.2) is 49.2 Å². The molecule has 7 heteroatoms. The molecule has 0 radical (unpaired) electrons. The van der Waals surface area contributed by atoms with Crippen LogP contribution >= 0.6 is 0 Å². The summed E-state index contributed by atoms with van der Waals surface area (Å²) in [5.41, 5.74) is 0.910. The minimum Gasteiger partial charge on any atom is -0.368 e. The van der Waals surface area contributed by atoms with E-state index in [0.29, 0.717) is 0 Å². The molecular formula is C21H25FN6. The van der Waals surface area contributed by atoms with Crippen LogP contribution in [0.3, 0.4) is 0 Å². The monoisotopic (exact) mass is 380 g/mol. The number of halogens is 1. The fourth-order valence-corrected chi connectivity index (χ4v) is 3.97. The lowest BCUT2D eigenvalue weighted by Gasteiger charge is -2.37. The second-order valence-electron chi connectivity index (χ2n) is 7.43. The van der Waals surface area contributed by atoms with Crippen LogP contribution in [0.2, 0.25) is 0 Å². The lowest BCUT2D eigenvalue weighted by molar-refractivity contribution is 0.572. The molecule has 1 aromatic heterocycles. The van der Waals surface area contributed by atoms with Gasteiger partial charge in [0.25, 0.3) is 0 Å². The summed E-state index contributed by atoms with van der Waals surface area (Å²) in [7, 11) is 0. The molecule has 2 aliphatic heterocycles. The number of anilines is 3. The molecule has 1 aromatic carbocycles. The van der Waals surface area contributed by atoms with E-state index < -0.39 is 5.82 Å². The van der Waals surface area contributed by atoms with E-state index in [2.05, 4.69) is 30.7 Å². The Morgan fingerprint density at radius 1 is 0.857 bits per heavy atom. The van der Waals surface area contributed by atoms with E-state index in [9.17, 15) is 4.39 Å². The lowest BCUT2D eigenvalue weighted by Crippen LogP contribution is -2.47. The van der Waals surface area contributed by atoms with Gasteiger partial charge in [0.15, 0.2) is 0 Å². The van der Waals surface area contributed by atoms with Crippen LogP contribution in [0, 0.1) is 24.1 Å². The largest absolute Gasteiger partial charge is 0.368 e. The van der Waals surface area contributed by atoms with Crippen LogP contribution in [-0.2, 0) is 0 Å². The van der Waals surface area contributed by atoms with Gasteiger partial charge in [0, 0.05) is 51.0 Å². The maximum absolute atomic E-state index is 13.9. The van der Waals surface area contributed by atoms with Gasteiger partial charge < -0.3 is 14.7 Å². The van der Waals surface area contributed by atoms with Gasteiger partial charge in [-0.15, -0.1) is 0 Å². The van der Waals surface area contributed by atoms with Gasteiger partial charge in [0.2, 0.25) is 0 Å². The van der Waals surface area contributed by atoms with Gasteiger partial charge in [-0.25, -0.2) is 14.4 Å². The molecule has 28 heavy (non-hydrogen) atoms. The van der Waals surface area contributed by atoms with Crippen molar-refractivity contribution in [3.63, 3.8) is 0 Å². The first kappa shape index (κ1) is 18.5. The molecular weight excluding hydrogens is 355 g/mol. The number of aryl methyl sites for hydroxylation is 1. The van der Waals surface area contributed by atoms with E-state index in [0.717, 1.165) is 62.4 Å². The molecule has 0 N–H and O–H groups in total. The quantitative estimate of drug-likeness (QED) is 0.815. The molecule has 0 amide bonds. The van der Waals surface area contributed by atoms with E-state index in [-0.39, 0.29) is 5.56 Å². The van der Waals surface area contributed by atoms with Crippen molar-refractivity contribution in [2.45, 2.75) is 26.2 Å². The number of aromatic nitrogens is 2. The zero-order chi connectivity index (χ0) is 19.5. The Bertz CT molecular complexity index is 879. The first-order valence-corrected chi connectivity index (χ1v) is 9.94. The van der Waals surface area contributed by atoms with Gasteiger partial charge in [0.1, 0.15) is 29.3 Å². The van der Waals surface area contributed by atoms with E-state index in [1.807, 2.05) is 19.1 Å². The van der Waals surface area contributed by atoms with Gasteiger partial charge >= 0.3 is 0 Å². The van der Waals surface area contributed by atoms with Crippen LogP contribution in [0.5, 0.6) is 0 Å². The van der Waals surface area contributed by atoms with Gasteiger partial charge in [-0.3, -0.25) is 0 Å². The third-order valence-electron chi connectivity index (χ3n) is 5.53. The predicted octanol–water partition coefficient (Wildman–Crippen LogP) is 3.11. The van der Waals surface area contributed by atoms with E-state index in [1.165, 1.54) is 25.3 Å². The van der Waals surface area contributed by atoms with Gasteiger partial charge in [-0.1, -0.05) is 0 Å². The van der Waals surface area contributed by atoms with Gasteiger partial charge in [0.05, 0.1) is 5.56 Å². The number of hydrogen-bond acceptors (Lipinski definition) is 6. The van der Waals surface area contributed by atoms with Crippen molar-refractivity contribution in [2.24, 2.45) is 0 Å². The Labute approximate surface area is 165 Å². The summed E-state index contributed by atoms with van der Waals surface area (Å²) in [4.78, 5) is 16.1. The maximum Gasteiger partial charge on any atom is 0.143 e. The molecule has 0 unspecified atom stereocenters. The number of hydrogen-bond donors (Lipinski definition) is 0. The molecule has 0 aliphatic carbocycles. The molecule has 2 saturated heterocycles. The molecule has 0 saturated carbocycles. The highest BCUT2D eigenvalue weighted by Gasteiger charge is 2.21. The Morgan fingerprint density at radius 2 is 1.46 bits per heavy atom. The van der Waals surface area contributed by atoms with Crippen molar-refractivity contribution in [2.75, 3.05) is 54.0 Å². The molecule has 6 nitrogen and oxygen atoms in total. The Balaban J connectivity index is 1.45. The third-order valence-corrected chi connectivity index (χ3v) is 5.53. The van der Waals surface area contributed by atoms with Crippen molar-refractivity contribution in [3.8, 4) is 6.07 Å². The van der Waals surface area contributed by atoms with E-state index in [4.69, 9.17) is 5.26 Å². The second kappa shape index (κ2) is 8.01. The zero-order valence-electron chi connectivity index (χ0n) is 16.2. The molecule has 0 atom stereocenters. The van der Waals surface area contributed by atoms with Crippen LogP contribution < -0.4 is 14.7 Å². The molecule has 3 heterocycles. The molecule has 0 spiro atoms. The highest BCUT2D eigenvalue weighted by molar-refractivity contribution is 5.55. The third kappa shape index (κ3) is 3.86. The fraction of sp³-hybridized carbons (Fsp3) is 0.476.